The van der Waals surface area contributed by atoms with Gasteiger partial charge in [0.05, 0.1) is 12.1 Å². The number of carbonyl (C=O) groups is 1. The van der Waals surface area contributed by atoms with E-state index in [0.717, 1.165) is 8.78 Å². The molecule has 1 aliphatic heterocycles. The second kappa shape index (κ2) is 4.85. The summed E-state index contributed by atoms with van der Waals surface area (Å²) in [5, 5.41) is 0. The van der Waals surface area contributed by atoms with Crippen molar-refractivity contribution in [1.82, 2.24) is 4.31 Å². The number of halogens is 1. The highest BCUT2D eigenvalue weighted by molar-refractivity contribution is 9.10. The van der Waals surface area contributed by atoms with Crippen LogP contribution in [-0.2, 0) is 16.6 Å². The molecule has 2 aromatic carbocycles. The average Bonchev–Trinajstić information content (AvgIpc) is 2.63. The number of sulfonamides is 1. The lowest BCUT2D eigenvalue weighted by Gasteiger charge is -2.16. The molecule has 21 heavy (non-hydrogen) atoms. The Balaban J connectivity index is 2.03. The number of carbonyl (C=O) groups excluding carboxylic acids is 1. The van der Waals surface area contributed by atoms with Crippen LogP contribution in [0.25, 0.3) is 0 Å². The van der Waals surface area contributed by atoms with E-state index in [9.17, 15) is 13.2 Å². The summed E-state index contributed by atoms with van der Waals surface area (Å²) in [6.07, 6.45) is 0. The molecule has 0 aliphatic carbocycles. The maximum absolute atomic E-state index is 12.4. The molecule has 1 aliphatic rings. The molecule has 3 rings (SSSR count). The summed E-state index contributed by atoms with van der Waals surface area (Å²) >= 11 is 3.29. The van der Waals surface area contributed by atoms with E-state index < -0.39 is 15.9 Å². The third-order valence-electron chi connectivity index (χ3n) is 3.33. The van der Waals surface area contributed by atoms with Crippen LogP contribution in [-0.4, -0.2) is 18.6 Å². The molecule has 0 radical (unpaired) electrons. The molecular formula is C14H11BrN2O3S. The Bertz CT molecular complexity index is 849. The number of anilines is 1. The molecule has 108 valence electrons. The monoisotopic (exact) mass is 366 g/mol. The maximum atomic E-state index is 12.4. The van der Waals surface area contributed by atoms with E-state index in [1.165, 1.54) is 12.1 Å². The summed E-state index contributed by atoms with van der Waals surface area (Å²) in [5.41, 5.74) is 7.10. The van der Waals surface area contributed by atoms with Gasteiger partial charge in [0.2, 0.25) is 0 Å². The van der Waals surface area contributed by atoms with Crippen LogP contribution in [0.1, 0.15) is 15.9 Å². The third kappa shape index (κ3) is 2.22. The van der Waals surface area contributed by atoms with Crippen LogP contribution in [0.5, 0.6) is 0 Å². The summed E-state index contributed by atoms with van der Waals surface area (Å²) < 4.78 is 26.5. The van der Waals surface area contributed by atoms with Gasteiger partial charge in [0, 0.05) is 10.2 Å². The maximum Gasteiger partial charge on any atom is 0.269 e. The summed E-state index contributed by atoms with van der Waals surface area (Å²) in [5.74, 6) is -0.520. The van der Waals surface area contributed by atoms with E-state index in [4.69, 9.17) is 5.73 Å². The van der Waals surface area contributed by atoms with Gasteiger partial charge in [-0.15, -0.1) is 0 Å². The molecule has 0 saturated carbocycles. The van der Waals surface area contributed by atoms with Crippen LogP contribution in [0, 0.1) is 0 Å². The number of amides is 1. The standard InChI is InChI=1S/C14H11BrN2O3S/c15-10-6-5-9(12(16)7-10)8-17-14(18)11-3-1-2-4-13(11)21(17,19)20/h1-7H,8,16H2. The fraction of sp³-hybridized carbons (Fsp3) is 0.0714. The first kappa shape index (κ1) is 14.1. The number of hydrogen-bond donors (Lipinski definition) is 1. The number of benzene rings is 2. The molecule has 2 aromatic rings. The zero-order valence-corrected chi connectivity index (χ0v) is 13.2. The Morgan fingerprint density at radius 3 is 2.52 bits per heavy atom. The Kier molecular flexibility index (Phi) is 3.26. The van der Waals surface area contributed by atoms with Gasteiger partial charge in [0.15, 0.2) is 0 Å². The summed E-state index contributed by atoms with van der Waals surface area (Å²) in [6.45, 7) is -0.0744. The predicted molar refractivity (Wildman–Crippen MR) is 82.1 cm³/mol. The molecule has 0 aromatic heterocycles. The van der Waals surface area contributed by atoms with E-state index >= 15 is 0 Å². The lowest BCUT2D eigenvalue weighted by molar-refractivity contribution is 0.0865. The number of fused-ring (bicyclic) bond motifs is 1. The predicted octanol–water partition coefficient (Wildman–Crippen LogP) is 2.38. The second-order valence-electron chi connectivity index (χ2n) is 4.66. The van der Waals surface area contributed by atoms with Crippen LogP contribution >= 0.6 is 15.9 Å². The Morgan fingerprint density at radius 2 is 1.86 bits per heavy atom. The van der Waals surface area contributed by atoms with Gasteiger partial charge in [-0.2, -0.15) is 0 Å². The SMILES string of the molecule is Nc1cc(Br)ccc1CN1C(=O)c2ccccc2S1(=O)=O. The van der Waals surface area contributed by atoms with Gasteiger partial charge in [-0.1, -0.05) is 34.1 Å². The average molecular weight is 367 g/mol. The van der Waals surface area contributed by atoms with E-state index in [0.29, 0.717) is 11.3 Å². The van der Waals surface area contributed by atoms with Gasteiger partial charge in [-0.3, -0.25) is 4.79 Å². The normalized spacial score (nSPS) is 16.0. The zero-order chi connectivity index (χ0) is 15.2. The first-order valence-electron chi connectivity index (χ1n) is 6.11. The van der Waals surface area contributed by atoms with Gasteiger partial charge in [-0.05, 0) is 29.8 Å². The van der Waals surface area contributed by atoms with Crippen molar-refractivity contribution in [2.45, 2.75) is 11.4 Å². The third-order valence-corrected chi connectivity index (χ3v) is 5.61. The molecule has 0 spiro atoms. The van der Waals surface area contributed by atoms with E-state index in [-0.39, 0.29) is 17.0 Å². The molecule has 2 N–H and O–H groups in total. The molecule has 0 unspecified atom stereocenters. The Morgan fingerprint density at radius 1 is 1.14 bits per heavy atom. The number of nitrogen functional groups attached to an aromatic ring is 1. The Hall–Kier alpha value is -1.86. The van der Waals surface area contributed by atoms with Gasteiger partial charge >= 0.3 is 0 Å². The molecule has 7 heteroatoms. The number of rotatable bonds is 2. The van der Waals surface area contributed by atoms with Crippen molar-refractivity contribution in [3.8, 4) is 0 Å². The highest BCUT2D eigenvalue weighted by Crippen LogP contribution is 2.32. The zero-order valence-electron chi connectivity index (χ0n) is 10.8. The van der Waals surface area contributed by atoms with Crippen molar-refractivity contribution in [1.29, 1.82) is 0 Å². The van der Waals surface area contributed by atoms with Crippen LogP contribution in [0.2, 0.25) is 0 Å². The minimum Gasteiger partial charge on any atom is -0.398 e. The summed E-state index contributed by atoms with van der Waals surface area (Å²) in [6, 6.07) is 11.3. The van der Waals surface area contributed by atoms with E-state index in [2.05, 4.69) is 15.9 Å². The van der Waals surface area contributed by atoms with Crippen molar-refractivity contribution in [3.63, 3.8) is 0 Å². The van der Waals surface area contributed by atoms with Crippen LogP contribution in [0.4, 0.5) is 5.69 Å². The molecule has 0 fully saturated rings. The van der Waals surface area contributed by atoms with Crippen LogP contribution in [0.3, 0.4) is 0 Å². The van der Waals surface area contributed by atoms with Gasteiger partial charge in [-0.25, -0.2) is 12.7 Å². The quantitative estimate of drug-likeness (QED) is 0.827. The lowest BCUT2D eigenvalue weighted by Crippen LogP contribution is -2.29. The van der Waals surface area contributed by atoms with Gasteiger partial charge in [0.25, 0.3) is 15.9 Å². The minimum atomic E-state index is -3.80. The molecule has 1 heterocycles. The molecule has 0 saturated heterocycles. The lowest BCUT2D eigenvalue weighted by atomic mass is 10.1. The van der Waals surface area contributed by atoms with Crippen molar-refractivity contribution in [3.05, 3.63) is 58.1 Å². The van der Waals surface area contributed by atoms with Crippen molar-refractivity contribution in [2.75, 3.05) is 5.73 Å². The molecule has 0 bridgehead atoms. The largest absolute Gasteiger partial charge is 0.398 e. The highest BCUT2D eigenvalue weighted by Gasteiger charge is 2.40. The first-order chi connectivity index (χ1) is 9.91. The summed E-state index contributed by atoms with van der Waals surface area (Å²) in [4.78, 5) is 12.3. The number of nitrogens with two attached hydrogens (primary N) is 1. The van der Waals surface area contributed by atoms with Crippen LogP contribution < -0.4 is 5.73 Å². The molecule has 5 nitrogen and oxygen atoms in total. The summed E-state index contributed by atoms with van der Waals surface area (Å²) in [7, 11) is -3.80. The van der Waals surface area contributed by atoms with Crippen molar-refractivity contribution < 1.29 is 13.2 Å². The van der Waals surface area contributed by atoms with Crippen molar-refractivity contribution >= 4 is 37.5 Å². The molecule has 1 amide bonds. The van der Waals surface area contributed by atoms with Crippen LogP contribution in [0.15, 0.2) is 51.8 Å². The molecular weight excluding hydrogens is 356 g/mol. The molecule has 0 atom stereocenters. The minimum absolute atomic E-state index is 0.0469. The first-order valence-corrected chi connectivity index (χ1v) is 8.34. The Labute approximate surface area is 130 Å². The fourth-order valence-electron chi connectivity index (χ4n) is 2.25. The number of hydrogen-bond acceptors (Lipinski definition) is 4. The van der Waals surface area contributed by atoms with Gasteiger partial charge in [0.1, 0.15) is 4.90 Å². The van der Waals surface area contributed by atoms with E-state index in [1.54, 1.807) is 30.3 Å². The smallest absolute Gasteiger partial charge is 0.269 e. The van der Waals surface area contributed by atoms with Gasteiger partial charge < -0.3 is 5.73 Å². The van der Waals surface area contributed by atoms with E-state index in [1.807, 2.05) is 0 Å². The fourth-order valence-corrected chi connectivity index (χ4v) is 4.18. The highest BCUT2D eigenvalue weighted by atomic mass is 79.9. The topological polar surface area (TPSA) is 80.5 Å². The number of nitrogens with zero attached hydrogens (tertiary/aromatic N) is 1. The second-order valence-corrected chi connectivity index (χ2v) is 7.40. The van der Waals surface area contributed by atoms with Crippen molar-refractivity contribution in [2.24, 2.45) is 0 Å².